The van der Waals surface area contributed by atoms with E-state index in [-0.39, 0.29) is 6.04 Å². The fraction of sp³-hybridized carbons (Fsp3) is 0.417. The van der Waals surface area contributed by atoms with Crippen molar-refractivity contribution in [2.75, 3.05) is 6.61 Å². The van der Waals surface area contributed by atoms with E-state index in [2.05, 4.69) is 16.9 Å². The summed E-state index contributed by atoms with van der Waals surface area (Å²) in [6, 6.07) is 5.77. The van der Waals surface area contributed by atoms with Crippen molar-refractivity contribution in [3.8, 4) is 5.75 Å². The molecule has 2 rings (SSSR count). The van der Waals surface area contributed by atoms with Crippen LogP contribution >= 0.6 is 0 Å². The molecule has 1 unspecified atom stereocenters. The molecule has 2 aromatic rings. The Labute approximate surface area is 94.8 Å². The standard InChI is InChI=1S/C12H17N3O/c1-3-6-16-9-4-5-10-11(7-9)15-12(14-10)8(2)13/h4-5,7-8H,3,6,13H2,1-2H3,(H,14,15). The molecule has 3 N–H and O–H groups in total. The van der Waals surface area contributed by atoms with Gasteiger partial charge in [-0.3, -0.25) is 0 Å². The van der Waals surface area contributed by atoms with E-state index in [1.54, 1.807) is 0 Å². The van der Waals surface area contributed by atoms with Crippen LogP contribution in [-0.2, 0) is 0 Å². The predicted molar refractivity (Wildman–Crippen MR) is 64.5 cm³/mol. The molecule has 0 radical (unpaired) electrons. The molecule has 0 spiro atoms. The third-order valence-electron chi connectivity index (χ3n) is 2.38. The van der Waals surface area contributed by atoms with Gasteiger partial charge in [0.05, 0.1) is 23.7 Å². The summed E-state index contributed by atoms with van der Waals surface area (Å²) in [6.07, 6.45) is 1.01. The number of benzene rings is 1. The first-order valence-corrected chi connectivity index (χ1v) is 5.58. The molecule has 16 heavy (non-hydrogen) atoms. The normalized spacial score (nSPS) is 12.9. The summed E-state index contributed by atoms with van der Waals surface area (Å²) < 4.78 is 5.55. The Kier molecular flexibility index (Phi) is 3.10. The van der Waals surface area contributed by atoms with E-state index in [1.807, 2.05) is 25.1 Å². The predicted octanol–water partition coefficient (Wildman–Crippen LogP) is 2.37. The average molecular weight is 219 g/mol. The number of hydrogen-bond donors (Lipinski definition) is 2. The SMILES string of the molecule is CCCOc1ccc2nc(C(C)N)[nH]c2c1. The summed E-state index contributed by atoms with van der Waals surface area (Å²) in [5.74, 6) is 1.68. The molecule has 0 bridgehead atoms. The van der Waals surface area contributed by atoms with Crippen LogP contribution in [-0.4, -0.2) is 16.6 Å². The number of aromatic amines is 1. The number of hydrogen-bond acceptors (Lipinski definition) is 3. The Bertz CT molecular complexity index is 476. The van der Waals surface area contributed by atoms with Crippen LogP contribution in [0.4, 0.5) is 0 Å². The number of imidazole rings is 1. The van der Waals surface area contributed by atoms with E-state index in [4.69, 9.17) is 10.5 Å². The van der Waals surface area contributed by atoms with E-state index in [9.17, 15) is 0 Å². The molecular weight excluding hydrogens is 202 g/mol. The van der Waals surface area contributed by atoms with Gasteiger partial charge in [-0.1, -0.05) is 6.92 Å². The summed E-state index contributed by atoms with van der Waals surface area (Å²) in [7, 11) is 0. The Morgan fingerprint density at radius 1 is 1.50 bits per heavy atom. The number of ether oxygens (including phenoxy) is 1. The van der Waals surface area contributed by atoms with Gasteiger partial charge in [-0.15, -0.1) is 0 Å². The zero-order chi connectivity index (χ0) is 11.5. The smallest absolute Gasteiger partial charge is 0.123 e. The van der Waals surface area contributed by atoms with E-state index < -0.39 is 0 Å². The lowest BCUT2D eigenvalue weighted by molar-refractivity contribution is 0.318. The maximum atomic E-state index is 5.77. The Morgan fingerprint density at radius 3 is 3.00 bits per heavy atom. The average Bonchev–Trinajstić information content (AvgIpc) is 2.69. The minimum atomic E-state index is -0.0765. The van der Waals surface area contributed by atoms with Gasteiger partial charge in [0, 0.05) is 6.07 Å². The van der Waals surface area contributed by atoms with Crippen LogP contribution in [0.1, 0.15) is 32.1 Å². The quantitative estimate of drug-likeness (QED) is 0.829. The molecule has 1 atom stereocenters. The highest BCUT2D eigenvalue weighted by molar-refractivity contribution is 5.76. The number of rotatable bonds is 4. The van der Waals surface area contributed by atoms with E-state index in [0.29, 0.717) is 0 Å². The molecule has 0 aliphatic carbocycles. The van der Waals surface area contributed by atoms with Crippen molar-refractivity contribution in [3.63, 3.8) is 0 Å². The number of H-pyrrole nitrogens is 1. The Balaban J connectivity index is 2.30. The van der Waals surface area contributed by atoms with Crippen LogP contribution in [0, 0.1) is 0 Å². The number of nitrogens with zero attached hydrogens (tertiary/aromatic N) is 1. The maximum Gasteiger partial charge on any atom is 0.123 e. The van der Waals surface area contributed by atoms with Gasteiger partial charge >= 0.3 is 0 Å². The van der Waals surface area contributed by atoms with Gasteiger partial charge in [-0.2, -0.15) is 0 Å². The van der Waals surface area contributed by atoms with Crippen molar-refractivity contribution in [2.45, 2.75) is 26.3 Å². The zero-order valence-electron chi connectivity index (χ0n) is 9.66. The van der Waals surface area contributed by atoms with Gasteiger partial charge in [0.1, 0.15) is 11.6 Å². The van der Waals surface area contributed by atoms with Gasteiger partial charge in [-0.25, -0.2) is 4.98 Å². The largest absolute Gasteiger partial charge is 0.494 e. The molecule has 4 heteroatoms. The van der Waals surface area contributed by atoms with Gasteiger partial charge < -0.3 is 15.5 Å². The summed E-state index contributed by atoms with van der Waals surface area (Å²) >= 11 is 0. The Morgan fingerprint density at radius 2 is 2.31 bits per heavy atom. The van der Waals surface area contributed by atoms with Gasteiger partial charge in [0.15, 0.2) is 0 Å². The second-order valence-corrected chi connectivity index (χ2v) is 3.94. The second kappa shape index (κ2) is 4.53. The zero-order valence-corrected chi connectivity index (χ0v) is 9.66. The van der Waals surface area contributed by atoms with Crippen molar-refractivity contribution in [2.24, 2.45) is 5.73 Å². The fourth-order valence-electron chi connectivity index (χ4n) is 1.53. The van der Waals surface area contributed by atoms with Gasteiger partial charge in [-0.05, 0) is 25.5 Å². The molecule has 86 valence electrons. The van der Waals surface area contributed by atoms with Crippen LogP contribution in [0.3, 0.4) is 0 Å². The minimum absolute atomic E-state index is 0.0765. The second-order valence-electron chi connectivity index (χ2n) is 3.94. The van der Waals surface area contributed by atoms with Gasteiger partial charge in [0.2, 0.25) is 0 Å². The van der Waals surface area contributed by atoms with Crippen molar-refractivity contribution < 1.29 is 4.74 Å². The van der Waals surface area contributed by atoms with Crippen molar-refractivity contribution in [1.82, 2.24) is 9.97 Å². The molecule has 4 nitrogen and oxygen atoms in total. The highest BCUT2D eigenvalue weighted by Crippen LogP contribution is 2.20. The molecule has 0 aliphatic heterocycles. The van der Waals surface area contributed by atoms with Crippen LogP contribution in [0.15, 0.2) is 18.2 Å². The summed E-state index contributed by atoms with van der Waals surface area (Å²) in [4.78, 5) is 7.59. The summed E-state index contributed by atoms with van der Waals surface area (Å²) in [5, 5.41) is 0. The lowest BCUT2D eigenvalue weighted by Crippen LogP contribution is -2.06. The van der Waals surface area contributed by atoms with E-state index in [1.165, 1.54) is 0 Å². The first-order chi connectivity index (χ1) is 7.70. The van der Waals surface area contributed by atoms with Crippen LogP contribution in [0.25, 0.3) is 11.0 Å². The lowest BCUT2D eigenvalue weighted by atomic mass is 10.3. The molecule has 1 aromatic carbocycles. The first kappa shape index (κ1) is 11.0. The molecule has 0 amide bonds. The molecule has 0 saturated carbocycles. The van der Waals surface area contributed by atoms with E-state index >= 15 is 0 Å². The summed E-state index contributed by atoms with van der Waals surface area (Å²) in [6.45, 7) is 4.73. The number of aromatic nitrogens is 2. The molecule has 1 heterocycles. The molecule has 0 saturated heterocycles. The van der Waals surface area contributed by atoms with Crippen molar-refractivity contribution >= 4 is 11.0 Å². The highest BCUT2D eigenvalue weighted by atomic mass is 16.5. The summed E-state index contributed by atoms with van der Waals surface area (Å²) in [5.41, 5.74) is 7.67. The minimum Gasteiger partial charge on any atom is -0.494 e. The van der Waals surface area contributed by atoms with Gasteiger partial charge in [0.25, 0.3) is 0 Å². The van der Waals surface area contributed by atoms with Crippen LogP contribution < -0.4 is 10.5 Å². The maximum absolute atomic E-state index is 5.77. The molecular formula is C12H17N3O. The van der Waals surface area contributed by atoms with Crippen molar-refractivity contribution in [3.05, 3.63) is 24.0 Å². The van der Waals surface area contributed by atoms with E-state index in [0.717, 1.165) is 35.6 Å². The van der Waals surface area contributed by atoms with Crippen LogP contribution in [0.2, 0.25) is 0 Å². The van der Waals surface area contributed by atoms with Crippen LogP contribution in [0.5, 0.6) is 5.75 Å². The number of nitrogens with one attached hydrogen (secondary N) is 1. The first-order valence-electron chi connectivity index (χ1n) is 5.58. The third-order valence-corrected chi connectivity index (χ3v) is 2.38. The third kappa shape index (κ3) is 2.17. The number of nitrogens with two attached hydrogens (primary N) is 1. The highest BCUT2D eigenvalue weighted by Gasteiger charge is 2.07. The molecule has 1 aromatic heterocycles. The molecule has 0 fully saturated rings. The Hall–Kier alpha value is -1.55. The monoisotopic (exact) mass is 219 g/mol. The molecule has 0 aliphatic rings. The lowest BCUT2D eigenvalue weighted by Gasteiger charge is -2.03. The number of fused-ring (bicyclic) bond motifs is 1. The van der Waals surface area contributed by atoms with Crippen molar-refractivity contribution in [1.29, 1.82) is 0 Å². The fourth-order valence-corrected chi connectivity index (χ4v) is 1.53. The topological polar surface area (TPSA) is 63.9 Å².